The summed E-state index contributed by atoms with van der Waals surface area (Å²) in [5.41, 5.74) is 9.06. The summed E-state index contributed by atoms with van der Waals surface area (Å²) in [6.07, 6.45) is 3.96. The van der Waals surface area contributed by atoms with E-state index >= 15 is 0 Å². The van der Waals surface area contributed by atoms with Crippen LogP contribution in [0.2, 0.25) is 0 Å². The fraction of sp³-hybridized carbons (Fsp3) is 0.308. The maximum absolute atomic E-state index is 5.86. The average Bonchev–Trinajstić information content (AvgIpc) is 2.84. The lowest BCUT2D eigenvalue weighted by molar-refractivity contribution is 0.536. The number of rotatable bonds is 5. The first-order chi connectivity index (χ1) is 8.29. The van der Waals surface area contributed by atoms with Gasteiger partial charge in [0, 0.05) is 15.5 Å². The molecule has 0 saturated carbocycles. The smallest absolute Gasteiger partial charge is 0.0794 e. The van der Waals surface area contributed by atoms with Gasteiger partial charge in [-0.2, -0.15) is 0 Å². The highest BCUT2D eigenvalue weighted by atomic mass is 79.9. The predicted molar refractivity (Wildman–Crippen MR) is 76.2 cm³/mol. The number of aromatic nitrogens is 1. The highest BCUT2D eigenvalue weighted by molar-refractivity contribution is 9.10. The molecule has 0 fully saturated rings. The lowest BCUT2D eigenvalue weighted by atomic mass is 9.96. The Morgan fingerprint density at radius 2 is 2.12 bits per heavy atom. The van der Waals surface area contributed by atoms with Gasteiger partial charge < -0.3 is 5.73 Å². The van der Waals surface area contributed by atoms with E-state index in [4.69, 9.17) is 5.73 Å². The molecule has 4 heteroatoms. The Morgan fingerprint density at radius 3 is 2.76 bits per heavy atom. The van der Waals surface area contributed by atoms with Crippen molar-refractivity contribution >= 4 is 27.3 Å². The highest BCUT2D eigenvalue weighted by Gasteiger charge is 2.11. The standard InChI is InChI=1S/C13H15BrN2S/c14-13-4-2-1-3-11(13)5-10(7-15)6-12-8-16-9-17-12/h1-4,8-10H,5-7,15H2. The summed E-state index contributed by atoms with van der Waals surface area (Å²) in [6.45, 7) is 0.708. The largest absolute Gasteiger partial charge is 0.330 e. The Kier molecular flexibility index (Phi) is 4.71. The van der Waals surface area contributed by atoms with Crippen LogP contribution < -0.4 is 5.73 Å². The molecular formula is C13H15BrN2S. The number of nitrogens with zero attached hydrogens (tertiary/aromatic N) is 1. The minimum Gasteiger partial charge on any atom is -0.330 e. The molecule has 1 heterocycles. The Labute approximate surface area is 114 Å². The maximum atomic E-state index is 5.86. The van der Waals surface area contributed by atoms with E-state index in [0.717, 1.165) is 12.8 Å². The molecule has 0 aliphatic rings. The number of thiazole rings is 1. The Balaban J connectivity index is 2.03. The Bertz CT molecular complexity index is 456. The molecule has 0 radical (unpaired) electrons. The third-order valence-corrected chi connectivity index (χ3v) is 4.35. The van der Waals surface area contributed by atoms with Crippen molar-refractivity contribution in [1.82, 2.24) is 4.98 Å². The minimum atomic E-state index is 0.481. The maximum Gasteiger partial charge on any atom is 0.0794 e. The molecule has 0 spiro atoms. The van der Waals surface area contributed by atoms with E-state index in [1.165, 1.54) is 14.9 Å². The van der Waals surface area contributed by atoms with Gasteiger partial charge in [-0.05, 0) is 36.9 Å². The third-order valence-electron chi connectivity index (χ3n) is 2.77. The van der Waals surface area contributed by atoms with Gasteiger partial charge in [0.15, 0.2) is 0 Å². The lowest BCUT2D eigenvalue weighted by Crippen LogP contribution is -2.19. The van der Waals surface area contributed by atoms with E-state index in [-0.39, 0.29) is 0 Å². The number of nitrogens with two attached hydrogens (primary N) is 1. The molecular weight excluding hydrogens is 296 g/mol. The van der Waals surface area contributed by atoms with Gasteiger partial charge in [0.25, 0.3) is 0 Å². The van der Waals surface area contributed by atoms with Crippen molar-refractivity contribution in [2.45, 2.75) is 12.8 Å². The van der Waals surface area contributed by atoms with Crippen LogP contribution in [0.25, 0.3) is 0 Å². The van der Waals surface area contributed by atoms with Gasteiger partial charge in [0.05, 0.1) is 5.51 Å². The molecule has 2 nitrogen and oxygen atoms in total. The van der Waals surface area contributed by atoms with Gasteiger partial charge in [0.1, 0.15) is 0 Å². The zero-order valence-corrected chi connectivity index (χ0v) is 11.9. The molecule has 0 aliphatic heterocycles. The van der Waals surface area contributed by atoms with Gasteiger partial charge in [-0.1, -0.05) is 34.1 Å². The molecule has 90 valence electrons. The predicted octanol–water partition coefficient (Wildman–Crippen LogP) is 3.27. The first-order valence-corrected chi connectivity index (χ1v) is 7.27. The molecule has 0 amide bonds. The first-order valence-electron chi connectivity index (χ1n) is 5.60. The molecule has 2 rings (SSSR count). The van der Waals surface area contributed by atoms with Crippen LogP contribution in [0.3, 0.4) is 0 Å². The quantitative estimate of drug-likeness (QED) is 0.920. The van der Waals surface area contributed by atoms with Crippen LogP contribution in [0.5, 0.6) is 0 Å². The van der Waals surface area contributed by atoms with Gasteiger partial charge in [0.2, 0.25) is 0 Å². The minimum absolute atomic E-state index is 0.481. The van der Waals surface area contributed by atoms with E-state index in [1.807, 2.05) is 17.8 Å². The van der Waals surface area contributed by atoms with E-state index in [1.54, 1.807) is 11.3 Å². The van der Waals surface area contributed by atoms with Gasteiger partial charge in [-0.25, -0.2) is 0 Å². The molecule has 2 N–H and O–H groups in total. The number of hydrogen-bond acceptors (Lipinski definition) is 3. The van der Waals surface area contributed by atoms with Crippen LogP contribution >= 0.6 is 27.3 Å². The molecule has 0 bridgehead atoms. The van der Waals surface area contributed by atoms with Crippen molar-refractivity contribution in [3.63, 3.8) is 0 Å². The average molecular weight is 311 g/mol. The molecule has 1 unspecified atom stereocenters. The van der Waals surface area contributed by atoms with E-state index in [9.17, 15) is 0 Å². The van der Waals surface area contributed by atoms with Gasteiger partial charge in [-0.3, -0.25) is 4.98 Å². The van der Waals surface area contributed by atoms with Gasteiger partial charge in [-0.15, -0.1) is 11.3 Å². The zero-order valence-electron chi connectivity index (χ0n) is 9.47. The molecule has 1 aromatic heterocycles. The Morgan fingerprint density at radius 1 is 1.29 bits per heavy atom. The van der Waals surface area contributed by atoms with Crippen LogP contribution in [-0.2, 0) is 12.8 Å². The topological polar surface area (TPSA) is 38.9 Å². The normalized spacial score (nSPS) is 12.6. The molecule has 17 heavy (non-hydrogen) atoms. The van der Waals surface area contributed by atoms with Crippen LogP contribution in [0.1, 0.15) is 10.4 Å². The lowest BCUT2D eigenvalue weighted by Gasteiger charge is -2.14. The second kappa shape index (κ2) is 6.28. The summed E-state index contributed by atoms with van der Waals surface area (Å²) >= 11 is 5.28. The van der Waals surface area contributed by atoms with Crippen LogP contribution in [0, 0.1) is 5.92 Å². The highest BCUT2D eigenvalue weighted by Crippen LogP contribution is 2.22. The summed E-state index contributed by atoms with van der Waals surface area (Å²) < 4.78 is 1.17. The first kappa shape index (κ1) is 12.7. The number of benzene rings is 1. The van der Waals surface area contributed by atoms with Crippen molar-refractivity contribution in [1.29, 1.82) is 0 Å². The molecule has 2 aromatic rings. The SMILES string of the molecule is NCC(Cc1cncs1)Cc1ccccc1Br. The summed E-state index contributed by atoms with van der Waals surface area (Å²) in [5, 5.41) is 0. The van der Waals surface area contributed by atoms with Crippen molar-refractivity contribution in [3.05, 3.63) is 50.9 Å². The molecule has 1 aromatic carbocycles. The van der Waals surface area contributed by atoms with Crippen molar-refractivity contribution in [2.75, 3.05) is 6.54 Å². The van der Waals surface area contributed by atoms with E-state index in [0.29, 0.717) is 12.5 Å². The van der Waals surface area contributed by atoms with Crippen LogP contribution in [-0.4, -0.2) is 11.5 Å². The summed E-state index contributed by atoms with van der Waals surface area (Å²) in [4.78, 5) is 5.42. The van der Waals surface area contributed by atoms with E-state index < -0.39 is 0 Å². The van der Waals surface area contributed by atoms with Crippen molar-refractivity contribution in [3.8, 4) is 0 Å². The third kappa shape index (κ3) is 3.63. The fourth-order valence-electron chi connectivity index (χ4n) is 1.84. The van der Waals surface area contributed by atoms with E-state index in [2.05, 4.69) is 39.1 Å². The molecule has 0 aliphatic carbocycles. The fourth-order valence-corrected chi connectivity index (χ4v) is 3.00. The number of halogens is 1. The zero-order chi connectivity index (χ0) is 12.1. The van der Waals surface area contributed by atoms with Crippen molar-refractivity contribution < 1.29 is 0 Å². The molecule has 1 atom stereocenters. The van der Waals surface area contributed by atoms with Crippen molar-refractivity contribution in [2.24, 2.45) is 11.7 Å². The van der Waals surface area contributed by atoms with Crippen LogP contribution in [0.4, 0.5) is 0 Å². The second-order valence-electron chi connectivity index (χ2n) is 4.07. The Hall–Kier alpha value is -0.710. The van der Waals surface area contributed by atoms with Gasteiger partial charge >= 0.3 is 0 Å². The second-order valence-corrected chi connectivity index (χ2v) is 5.89. The summed E-state index contributed by atoms with van der Waals surface area (Å²) in [7, 11) is 0. The summed E-state index contributed by atoms with van der Waals surface area (Å²) in [5.74, 6) is 0.481. The number of hydrogen-bond donors (Lipinski definition) is 1. The summed E-state index contributed by atoms with van der Waals surface area (Å²) in [6, 6.07) is 8.34. The monoisotopic (exact) mass is 310 g/mol. The van der Waals surface area contributed by atoms with Crippen LogP contribution in [0.15, 0.2) is 40.4 Å². The molecule has 0 saturated heterocycles.